The van der Waals surface area contributed by atoms with Crippen molar-refractivity contribution in [3.63, 3.8) is 0 Å². The lowest BCUT2D eigenvalue weighted by atomic mass is 10.3. The van der Waals surface area contributed by atoms with Gasteiger partial charge in [-0.2, -0.15) is 0 Å². The van der Waals surface area contributed by atoms with E-state index in [2.05, 4.69) is 15.6 Å². The summed E-state index contributed by atoms with van der Waals surface area (Å²) < 4.78 is 6.88. The molecule has 0 radical (unpaired) electrons. The largest absolute Gasteiger partial charge is 0.497 e. The molecular weight excluding hydrogens is 276 g/mol. The topological polar surface area (TPSA) is 52.0 Å². The second-order valence-corrected chi connectivity index (χ2v) is 5.45. The number of hydrogen-bond acceptors (Lipinski definition) is 4. The molecule has 1 heterocycles. The van der Waals surface area contributed by atoms with Crippen LogP contribution in [0.3, 0.4) is 0 Å². The summed E-state index contributed by atoms with van der Waals surface area (Å²) in [4.78, 5) is 0. The number of nitrogens with zero attached hydrogens (tertiary/aromatic N) is 3. The number of hydrogen-bond donors (Lipinski definition) is 1. The van der Waals surface area contributed by atoms with Crippen molar-refractivity contribution in [1.29, 1.82) is 0 Å². The van der Waals surface area contributed by atoms with Gasteiger partial charge in [-0.25, -0.2) is 4.68 Å². The Hall–Kier alpha value is -1.59. The number of aromatic nitrogens is 3. The van der Waals surface area contributed by atoms with Gasteiger partial charge < -0.3 is 10.1 Å². The predicted octanol–water partition coefficient (Wildman–Crippen LogP) is 2.43. The van der Waals surface area contributed by atoms with Crippen molar-refractivity contribution < 1.29 is 4.74 Å². The third-order valence-electron chi connectivity index (χ3n) is 3.38. The second-order valence-electron chi connectivity index (χ2n) is 5.05. The highest BCUT2D eigenvalue weighted by molar-refractivity contribution is 6.32. The van der Waals surface area contributed by atoms with Crippen LogP contribution in [0.1, 0.15) is 18.5 Å². The molecule has 2 aromatic rings. The Morgan fingerprint density at radius 3 is 3.05 bits per heavy atom. The van der Waals surface area contributed by atoms with Gasteiger partial charge in [0.15, 0.2) is 0 Å². The van der Waals surface area contributed by atoms with E-state index in [1.807, 2.05) is 18.3 Å². The first-order chi connectivity index (χ1) is 9.76. The maximum Gasteiger partial charge on any atom is 0.121 e. The summed E-state index contributed by atoms with van der Waals surface area (Å²) in [7, 11) is 1.63. The summed E-state index contributed by atoms with van der Waals surface area (Å²) in [5, 5.41) is 12.3. The van der Waals surface area contributed by atoms with Crippen molar-refractivity contribution in [2.24, 2.45) is 5.92 Å². The van der Waals surface area contributed by atoms with E-state index in [1.165, 1.54) is 12.8 Å². The SMILES string of the molecule is COc1ccc(Cl)c(-n2cc(CNCC3CC3)nn2)c1. The summed E-state index contributed by atoms with van der Waals surface area (Å²) >= 11 is 6.19. The minimum absolute atomic E-state index is 0.619. The molecule has 3 rings (SSSR count). The quantitative estimate of drug-likeness (QED) is 0.888. The number of ether oxygens (including phenoxy) is 1. The molecular formula is C14H17ClN4O. The van der Waals surface area contributed by atoms with E-state index in [1.54, 1.807) is 17.9 Å². The minimum Gasteiger partial charge on any atom is -0.497 e. The minimum atomic E-state index is 0.619. The number of methoxy groups -OCH3 is 1. The van der Waals surface area contributed by atoms with Gasteiger partial charge >= 0.3 is 0 Å². The van der Waals surface area contributed by atoms with E-state index in [0.29, 0.717) is 5.02 Å². The molecule has 0 bridgehead atoms. The van der Waals surface area contributed by atoms with Crippen LogP contribution in [-0.4, -0.2) is 28.6 Å². The summed E-state index contributed by atoms with van der Waals surface area (Å²) in [5.74, 6) is 1.60. The average Bonchev–Trinajstić information content (AvgIpc) is 3.16. The van der Waals surface area contributed by atoms with Gasteiger partial charge in [-0.3, -0.25) is 0 Å². The van der Waals surface area contributed by atoms with E-state index in [4.69, 9.17) is 16.3 Å². The van der Waals surface area contributed by atoms with E-state index < -0.39 is 0 Å². The van der Waals surface area contributed by atoms with Crippen molar-refractivity contribution in [2.45, 2.75) is 19.4 Å². The number of halogens is 1. The van der Waals surface area contributed by atoms with E-state index >= 15 is 0 Å². The van der Waals surface area contributed by atoms with Crippen LogP contribution < -0.4 is 10.1 Å². The zero-order valence-electron chi connectivity index (χ0n) is 11.3. The Morgan fingerprint density at radius 1 is 1.45 bits per heavy atom. The van der Waals surface area contributed by atoms with Gasteiger partial charge in [0.1, 0.15) is 5.75 Å². The Balaban J connectivity index is 1.71. The van der Waals surface area contributed by atoms with E-state index in [9.17, 15) is 0 Å². The van der Waals surface area contributed by atoms with Crippen LogP contribution in [0.2, 0.25) is 5.02 Å². The molecule has 1 fully saturated rings. The standard InChI is InChI=1S/C14H17ClN4O/c1-20-12-4-5-13(15)14(6-12)19-9-11(17-18-19)8-16-7-10-2-3-10/h4-6,9-10,16H,2-3,7-8H2,1H3. The van der Waals surface area contributed by atoms with Gasteiger partial charge in [-0.05, 0) is 37.4 Å². The first kappa shape index (κ1) is 13.4. The number of rotatable bonds is 6. The molecule has 5 nitrogen and oxygen atoms in total. The summed E-state index contributed by atoms with van der Waals surface area (Å²) in [6, 6.07) is 5.46. The second kappa shape index (κ2) is 5.81. The lowest BCUT2D eigenvalue weighted by Crippen LogP contribution is -2.16. The molecule has 1 N–H and O–H groups in total. The highest BCUT2D eigenvalue weighted by Gasteiger charge is 2.20. The smallest absolute Gasteiger partial charge is 0.121 e. The van der Waals surface area contributed by atoms with Gasteiger partial charge in [0.2, 0.25) is 0 Å². The zero-order valence-corrected chi connectivity index (χ0v) is 12.1. The molecule has 1 aromatic carbocycles. The van der Waals surface area contributed by atoms with E-state index in [-0.39, 0.29) is 0 Å². The van der Waals surface area contributed by atoms with E-state index in [0.717, 1.165) is 36.1 Å². The maximum absolute atomic E-state index is 6.19. The van der Waals surface area contributed by atoms with Crippen molar-refractivity contribution in [3.05, 3.63) is 35.1 Å². The van der Waals surface area contributed by atoms with Crippen LogP contribution in [0.4, 0.5) is 0 Å². The zero-order chi connectivity index (χ0) is 13.9. The monoisotopic (exact) mass is 292 g/mol. The van der Waals surface area contributed by atoms with Crippen molar-refractivity contribution >= 4 is 11.6 Å². The van der Waals surface area contributed by atoms with Crippen LogP contribution >= 0.6 is 11.6 Å². The predicted molar refractivity (Wildman–Crippen MR) is 77.4 cm³/mol. The molecule has 1 saturated carbocycles. The molecule has 1 aliphatic rings. The van der Waals surface area contributed by atoms with Crippen LogP contribution in [-0.2, 0) is 6.54 Å². The Labute approximate surface area is 122 Å². The molecule has 0 spiro atoms. The Bertz CT molecular complexity index is 595. The van der Waals surface area contributed by atoms with Gasteiger partial charge in [-0.1, -0.05) is 16.8 Å². The fourth-order valence-electron chi connectivity index (χ4n) is 2.02. The summed E-state index contributed by atoms with van der Waals surface area (Å²) in [5.41, 5.74) is 1.68. The molecule has 0 unspecified atom stereocenters. The summed E-state index contributed by atoms with van der Waals surface area (Å²) in [6.45, 7) is 1.80. The Kier molecular flexibility index (Phi) is 3.89. The highest BCUT2D eigenvalue weighted by Crippen LogP contribution is 2.27. The molecule has 0 aliphatic heterocycles. The maximum atomic E-state index is 6.19. The average molecular weight is 293 g/mol. The van der Waals surface area contributed by atoms with Crippen LogP contribution in [0.5, 0.6) is 5.75 Å². The normalized spacial score (nSPS) is 14.5. The first-order valence-corrected chi connectivity index (χ1v) is 7.10. The molecule has 106 valence electrons. The van der Waals surface area contributed by atoms with Crippen molar-refractivity contribution in [2.75, 3.05) is 13.7 Å². The lowest BCUT2D eigenvalue weighted by Gasteiger charge is -2.06. The van der Waals surface area contributed by atoms with Gasteiger partial charge in [0.05, 0.1) is 29.7 Å². The Morgan fingerprint density at radius 2 is 2.30 bits per heavy atom. The van der Waals surface area contributed by atoms with Crippen LogP contribution in [0, 0.1) is 5.92 Å². The lowest BCUT2D eigenvalue weighted by molar-refractivity contribution is 0.414. The van der Waals surface area contributed by atoms with Gasteiger partial charge in [0.25, 0.3) is 0 Å². The third-order valence-corrected chi connectivity index (χ3v) is 3.70. The van der Waals surface area contributed by atoms with Gasteiger partial charge in [-0.15, -0.1) is 5.10 Å². The number of nitrogens with one attached hydrogen (secondary N) is 1. The molecule has 20 heavy (non-hydrogen) atoms. The molecule has 0 saturated heterocycles. The van der Waals surface area contributed by atoms with Crippen LogP contribution in [0.25, 0.3) is 5.69 Å². The fraction of sp³-hybridized carbons (Fsp3) is 0.429. The number of benzene rings is 1. The van der Waals surface area contributed by atoms with Crippen LogP contribution in [0.15, 0.2) is 24.4 Å². The highest BCUT2D eigenvalue weighted by atomic mass is 35.5. The molecule has 1 aromatic heterocycles. The fourth-order valence-corrected chi connectivity index (χ4v) is 2.22. The van der Waals surface area contributed by atoms with Crippen molar-refractivity contribution in [1.82, 2.24) is 20.3 Å². The first-order valence-electron chi connectivity index (χ1n) is 6.72. The third kappa shape index (κ3) is 3.11. The molecule has 1 aliphatic carbocycles. The molecule has 0 atom stereocenters. The van der Waals surface area contributed by atoms with Gasteiger partial charge in [0, 0.05) is 12.6 Å². The molecule has 6 heteroatoms. The van der Waals surface area contributed by atoms with Crippen molar-refractivity contribution in [3.8, 4) is 11.4 Å². The summed E-state index contributed by atoms with van der Waals surface area (Å²) in [6.07, 6.45) is 4.58. The molecule has 0 amide bonds.